The Bertz CT molecular complexity index is 906. The summed E-state index contributed by atoms with van der Waals surface area (Å²) in [5.41, 5.74) is 2.46. The molecule has 3 aromatic rings. The molecule has 0 saturated carbocycles. The third kappa shape index (κ3) is 5.62. The Morgan fingerprint density at radius 1 is 1.03 bits per heavy atom. The van der Waals surface area contributed by atoms with Gasteiger partial charge >= 0.3 is 6.01 Å². The largest absolute Gasteiger partial charge is 0.424 e. The van der Waals surface area contributed by atoms with Crippen LogP contribution in [0.1, 0.15) is 30.9 Å². The molecule has 4 rings (SSSR count). The molecule has 1 fully saturated rings. The van der Waals surface area contributed by atoms with Crippen molar-refractivity contribution in [1.29, 1.82) is 0 Å². The Hall–Kier alpha value is -2.83. The summed E-state index contributed by atoms with van der Waals surface area (Å²) in [4.78, 5) is 17.7. The predicted molar refractivity (Wildman–Crippen MR) is 117 cm³/mol. The number of likely N-dealkylation sites (tertiary alicyclic amines) is 1. The van der Waals surface area contributed by atoms with E-state index in [-0.39, 0.29) is 0 Å². The van der Waals surface area contributed by atoms with Crippen LogP contribution in [0.4, 0.5) is 0 Å². The predicted octanol–water partition coefficient (Wildman–Crippen LogP) is 4.15. The van der Waals surface area contributed by atoms with E-state index in [1.807, 2.05) is 30.6 Å². The van der Waals surface area contributed by atoms with Crippen LogP contribution in [-0.4, -0.2) is 50.4 Å². The number of aromatic nitrogens is 3. The number of hydrogen-bond donors (Lipinski definition) is 0. The topological polar surface area (TPSA) is 54.4 Å². The van der Waals surface area contributed by atoms with Crippen LogP contribution in [0.15, 0.2) is 67.3 Å². The van der Waals surface area contributed by atoms with Crippen molar-refractivity contribution in [3.8, 4) is 11.8 Å². The van der Waals surface area contributed by atoms with E-state index in [4.69, 9.17) is 4.74 Å². The second-order valence-corrected chi connectivity index (χ2v) is 7.74. The average Bonchev–Trinajstić information content (AvgIpc) is 3.22. The summed E-state index contributed by atoms with van der Waals surface area (Å²) in [5.74, 6) is 0.760. The SMILES string of the molecule is CCN1CCCC1CN(Cc1cccnc1)Cc1cccc(Oc2ncccn2)c1. The molecule has 1 atom stereocenters. The van der Waals surface area contributed by atoms with Gasteiger partial charge in [0.15, 0.2) is 0 Å². The lowest BCUT2D eigenvalue weighted by Gasteiger charge is -2.30. The minimum atomic E-state index is 0.367. The molecule has 1 saturated heterocycles. The van der Waals surface area contributed by atoms with Crippen molar-refractivity contribution >= 4 is 0 Å². The van der Waals surface area contributed by atoms with Gasteiger partial charge in [-0.05, 0) is 61.3 Å². The molecule has 0 aliphatic carbocycles. The molecule has 0 radical (unpaired) electrons. The molecule has 30 heavy (non-hydrogen) atoms. The van der Waals surface area contributed by atoms with Gasteiger partial charge in [0.2, 0.25) is 0 Å². The van der Waals surface area contributed by atoms with Crippen LogP contribution in [0.3, 0.4) is 0 Å². The highest BCUT2D eigenvalue weighted by atomic mass is 16.5. The number of pyridine rings is 1. The molecular weight excluding hydrogens is 374 g/mol. The number of hydrogen-bond acceptors (Lipinski definition) is 6. The van der Waals surface area contributed by atoms with Crippen LogP contribution >= 0.6 is 0 Å². The third-order valence-electron chi connectivity index (χ3n) is 5.56. The van der Waals surface area contributed by atoms with E-state index in [1.165, 1.54) is 30.5 Å². The summed E-state index contributed by atoms with van der Waals surface area (Å²) < 4.78 is 5.83. The highest BCUT2D eigenvalue weighted by Crippen LogP contribution is 2.22. The standard InChI is InChI=1S/C24H29N5O/c1-2-29-14-5-9-22(29)19-28(18-21-8-4-11-25-16-21)17-20-7-3-10-23(15-20)30-24-26-12-6-13-27-24/h3-4,6-8,10-13,15-16,22H,2,5,9,14,17-19H2,1H3. The monoisotopic (exact) mass is 403 g/mol. The van der Waals surface area contributed by atoms with E-state index in [2.05, 4.69) is 49.9 Å². The van der Waals surface area contributed by atoms with Crippen molar-refractivity contribution in [1.82, 2.24) is 24.8 Å². The van der Waals surface area contributed by atoms with Crippen molar-refractivity contribution in [3.05, 3.63) is 78.4 Å². The van der Waals surface area contributed by atoms with Gasteiger partial charge in [-0.2, -0.15) is 0 Å². The third-order valence-corrected chi connectivity index (χ3v) is 5.56. The van der Waals surface area contributed by atoms with Crippen molar-refractivity contribution in [2.45, 2.75) is 38.9 Å². The van der Waals surface area contributed by atoms with Gasteiger partial charge in [0.05, 0.1) is 0 Å². The summed E-state index contributed by atoms with van der Waals surface area (Å²) in [6.45, 7) is 7.38. The maximum absolute atomic E-state index is 5.83. The van der Waals surface area contributed by atoms with Crippen molar-refractivity contribution in [3.63, 3.8) is 0 Å². The molecule has 6 heteroatoms. The van der Waals surface area contributed by atoms with Crippen LogP contribution in [0, 0.1) is 0 Å². The minimum absolute atomic E-state index is 0.367. The fourth-order valence-electron chi connectivity index (χ4n) is 4.16. The molecule has 1 aliphatic rings. The molecule has 6 nitrogen and oxygen atoms in total. The highest BCUT2D eigenvalue weighted by Gasteiger charge is 2.25. The van der Waals surface area contributed by atoms with Crippen molar-refractivity contribution < 1.29 is 4.74 Å². The average molecular weight is 404 g/mol. The van der Waals surface area contributed by atoms with Gasteiger partial charge in [0.1, 0.15) is 5.75 Å². The Morgan fingerprint density at radius 3 is 2.67 bits per heavy atom. The summed E-state index contributed by atoms with van der Waals surface area (Å²) in [6.07, 6.45) is 9.72. The fraction of sp³-hybridized carbons (Fsp3) is 0.375. The fourth-order valence-corrected chi connectivity index (χ4v) is 4.16. The first-order valence-electron chi connectivity index (χ1n) is 10.7. The van der Waals surface area contributed by atoms with Crippen LogP contribution in [-0.2, 0) is 13.1 Å². The summed E-state index contributed by atoms with van der Waals surface area (Å²) >= 11 is 0. The van der Waals surface area contributed by atoms with E-state index in [0.717, 1.165) is 31.9 Å². The van der Waals surface area contributed by atoms with E-state index in [1.54, 1.807) is 18.5 Å². The quantitative estimate of drug-likeness (QED) is 0.535. The second kappa shape index (κ2) is 10.3. The molecule has 156 valence electrons. The molecule has 0 spiro atoms. The van der Waals surface area contributed by atoms with Crippen molar-refractivity contribution in [2.75, 3.05) is 19.6 Å². The summed E-state index contributed by atoms with van der Waals surface area (Å²) in [6, 6.07) is 15.1. The molecule has 1 aromatic carbocycles. The smallest absolute Gasteiger partial charge is 0.321 e. The Morgan fingerprint density at radius 2 is 1.87 bits per heavy atom. The van der Waals surface area contributed by atoms with Crippen LogP contribution in [0.5, 0.6) is 11.8 Å². The molecule has 1 unspecified atom stereocenters. The van der Waals surface area contributed by atoms with Gasteiger partial charge in [0, 0.05) is 50.5 Å². The second-order valence-electron chi connectivity index (χ2n) is 7.74. The van der Waals surface area contributed by atoms with Crippen LogP contribution < -0.4 is 4.74 Å². The van der Waals surface area contributed by atoms with Gasteiger partial charge in [-0.3, -0.25) is 14.8 Å². The lowest BCUT2D eigenvalue weighted by Crippen LogP contribution is -2.39. The maximum Gasteiger partial charge on any atom is 0.321 e. The Labute approximate surface area is 178 Å². The zero-order chi connectivity index (χ0) is 20.6. The molecular formula is C24H29N5O. The maximum atomic E-state index is 5.83. The molecule has 0 amide bonds. The zero-order valence-electron chi connectivity index (χ0n) is 17.5. The Kier molecular flexibility index (Phi) is 7.00. The van der Waals surface area contributed by atoms with Gasteiger partial charge in [-0.1, -0.05) is 25.1 Å². The van der Waals surface area contributed by atoms with E-state index >= 15 is 0 Å². The normalized spacial score (nSPS) is 16.8. The van der Waals surface area contributed by atoms with E-state index in [9.17, 15) is 0 Å². The minimum Gasteiger partial charge on any atom is -0.424 e. The Balaban J connectivity index is 1.48. The first-order valence-corrected chi connectivity index (χ1v) is 10.7. The van der Waals surface area contributed by atoms with Gasteiger partial charge in [-0.15, -0.1) is 0 Å². The number of rotatable bonds is 9. The first-order chi connectivity index (χ1) is 14.8. The molecule has 3 heterocycles. The molecule has 0 bridgehead atoms. The van der Waals surface area contributed by atoms with Crippen LogP contribution in [0.25, 0.3) is 0 Å². The lowest BCUT2D eigenvalue weighted by atomic mass is 10.1. The van der Waals surface area contributed by atoms with Crippen molar-refractivity contribution in [2.24, 2.45) is 0 Å². The summed E-state index contributed by atoms with van der Waals surface area (Å²) in [7, 11) is 0. The molecule has 1 aliphatic heterocycles. The number of ether oxygens (including phenoxy) is 1. The summed E-state index contributed by atoms with van der Waals surface area (Å²) in [5, 5.41) is 0. The number of nitrogens with zero attached hydrogens (tertiary/aromatic N) is 5. The molecule has 0 N–H and O–H groups in total. The lowest BCUT2D eigenvalue weighted by molar-refractivity contribution is 0.166. The molecule has 2 aromatic heterocycles. The van der Waals surface area contributed by atoms with E-state index < -0.39 is 0 Å². The zero-order valence-corrected chi connectivity index (χ0v) is 17.5. The highest BCUT2D eigenvalue weighted by molar-refractivity contribution is 5.30. The first kappa shape index (κ1) is 20.4. The number of likely N-dealkylation sites (N-methyl/N-ethyl adjacent to an activating group) is 1. The van der Waals surface area contributed by atoms with E-state index in [0.29, 0.717) is 12.1 Å². The van der Waals surface area contributed by atoms with Gasteiger partial charge in [0.25, 0.3) is 0 Å². The van der Waals surface area contributed by atoms with Gasteiger partial charge in [-0.25, -0.2) is 9.97 Å². The number of benzene rings is 1. The van der Waals surface area contributed by atoms with Crippen LogP contribution in [0.2, 0.25) is 0 Å². The van der Waals surface area contributed by atoms with Gasteiger partial charge < -0.3 is 4.74 Å².